The summed E-state index contributed by atoms with van der Waals surface area (Å²) in [5.74, 6) is 1.60. The highest BCUT2D eigenvalue weighted by Crippen LogP contribution is 2.25. The van der Waals surface area contributed by atoms with E-state index in [4.69, 9.17) is 10.5 Å². The first-order valence-corrected chi connectivity index (χ1v) is 7.05. The van der Waals surface area contributed by atoms with Gasteiger partial charge < -0.3 is 10.5 Å². The molecule has 1 aromatic rings. The maximum absolute atomic E-state index is 6.27. The molecule has 0 aliphatic carbocycles. The van der Waals surface area contributed by atoms with Gasteiger partial charge in [-0.1, -0.05) is 38.8 Å². The molecule has 0 radical (unpaired) electrons. The van der Waals surface area contributed by atoms with Gasteiger partial charge in [-0.3, -0.25) is 0 Å². The van der Waals surface area contributed by atoms with E-state index in [0.29, 0.717) is 5.92 Å². The van der Waals surface area contributed by atoms with Crippen LogP contribution in [0.3, 0.4) is 0 Å². The molecule has 0 spiro atoms. The smallest absolute Gasteiger partial charge is 0.120 e. The zero-order valence-electron chi connectivity index (χ0n) is 12.1. The minimum Gasteiger partial charge on any atom is -0.491 e. The normalized spacial score (nSPS) is 14.6. The molecule has 102 valence electrons. The summed E-state index contributed by atoms with van der Waals surface area (Å²) in [4.78, 5) is 0. The van der Waals surface area contributed by atoms with Gasteiger partial charge in [-0.25, -0.2) is 0 Å². The molecule has 2 unspecified atom stereocenters. The Balaban J connectivity index is 2.64. The molecule has 1 aromatic carbocycles. The van der Waals surface area contributed by atoms with E-state index >= 15 is 0 Å². The second-order valence-electron chi connectivity index (χ2n) is 5.48. The van der Waals surface area contributed by atoms with Crippen molar-refractivity contribution in [2.24, 2.45) is 11.7 Å². The van der Waals surface area contributed by atoms with Crippen molar-refractivity contribution in [1.29, 1.82) is 0 Å². The third-order valence-electron chi connectivity index (χ3n) is 3.10. The van der Waals surface area contributed by atoms with Gasteiger partial charge in [-0.05, 0) is 43.9 Å². The summed E-state index contributed by atoms with van der Waals surface area (Å²) in [5, 5.41) is 0. The van der Waals surface area contributed by atoms with Crippen LogP contribution in [0.2, 0.25) is 0 Å². The molecule has 0 amide bonds. The largest absolute Gasteiger partial charge is 0.491 e. The van der Waals surface area contributed by atoms with Crippen LogP contribution in [0.5, 0.6) is 5.75 Å². The Hall–Kier alpha value is -1.02. The predicted molar refractivity (Wildman–Crippen MR) is 77.8 cm³/mol. The first kappa shape index (κ1) is 15.0. The maximum atomic E-state index is 6.27. The van der Waals surface area contributed by atoms with Crippen molar-refractivity contribution in [2.75, 3.05) is 0 Å². The summed E-state index contributed by atoms with van der Waals surface area (Å²) in [7, 11) is 0. The van der Waals surface area contributed by atoms with Crippen LogP contribution in [0.1, 0.15) is 58.6 Å². The Bertz CT molecular complexity index is 349. The average Bonchev–Trinajstić information content (AvgIpc) is 2.28. The fraction of sp³-hybridized carbons (Fsp3) is 0.625. The number of ether oxygens (including phenoxy) is 1. The van der Waals surface area contributed by atoms with Gasteiger partial charge in [0.05, 0.1) is 6.10 Å². The van der Waals surface area contributed by atoms with Crippen molar-refractivity contribution in [3.63, 3.8) is 0 Å². The van der Waals surface area contributed by atoms with Gasteiger partial charge in [0.1, 0.15) is 5.75 Å². The summed E-state index contributed by atoms with van der Waals surface area (Å²) in [6, 6.07) is 8.30. The van der Waals surface area contributed by atoms with Gasteiger partial charge in [0.25, 0.3) is 0 Å². The molecule has 2 atom stereocenters. The Morgan fingerprint density at radius 3 is 2.56 bits per heavy atom. The number of nitrogens with two attached hydrogens (primary N) is 1. The van der Waals surface area contributed by atoms with Gasteiger partial charge in [-0.2, -0.15) is 0 Å². The second-order valence-corrected chi connectivity index (χ2v) is 5.48. The number of hydrogen-bond donors (Lipinski definition) is 1. The fourth-order valence-corrected chi connectivity index (χ4v) is 2.27. The Morgan fingerprint density at radius 1 is 1.22 bits per heavy atom. The molecule has 0 aliphatic rings. The van der Waals surface area contributed by atoms with E-state index in [-0.39, 0.29) is 12.1 Å². The van der Waals surface area contributed by atoms with Gasteiger partial charge in [0, 0.05) is 6.04 Å². The monoisotopic (exact) mass is 249 g/mol. The fourth-order valence-electron chi connectivity index (χ4n) is 2.27. The van der Waals surface area contributed by atoms with Crippen LogP contribution in [0, 0.1) is 5.92 Å². The number of rotatable bonds is 7. The topological polar surface area (TPSA) is 35.2 Å². The van der Waals surface area contributed by atoms with Crippen LogP contribution in [-0.2, 0) is 0 Å². The molecule has 0 aromatic heterocycles. The number of hydrogen-bond acceptors (Lipinski definition) is 2. The Morgan fingerprint density at radius 2 is 1.94 bits per heavy atom. The third kappa shape index (κ3) is 5.09. The summed E-state index contributed by atoms with van der Waals surface area (Å²) in [5.41, 5.74) is 7.45. The maximum Gasteiger partial charge on any atom is 0.120 e. The Kier molecular flexibility index (Phi) is 6.20. The van der Waals surface area contributed by atoms with E-state index < -0.39 is 0 Å². The lowest BCUT2D eigenvalue weighted by atomic mass is 9.93. The van der Waals surface area contributed by atoms with E-state index in [9.17, 15) is 0 Å². The first-order valence-electron chi connectivity index (χ1n) is 7.05. The van der Waals surface area contributed by atoms with Crippen LogP contribution in [-0.4, -0.2) is 6.10 Å². The highest BCUT2D eigenvalue weighted by atomic mass is 16.5. The van der Waals surface area contributed by atoms with Crippen molar-refractivity contribution in [3.05, 3.63) is 29.8 Å². The highest BCUT2D eigenvalue weighted by molar-refractivity contribution is 5.30. The molecule has 2 N–H and O–H groups in total. The van der Waals surface area contributed by atoms with Crippen molar-refractivity contribution in [1.82, 2.24) is 0 Å². The van der Waals surface area contributed by atoms with Crippen molar-refractivity contribution < 1.29 is 4.74 Å². The van der Waals surface area contributed by atoms with E-state index in [2.05, 4.69) is 26.0 Å². The van der Waals surface area contributed by atoms with Crippen molar-refractivity contribution >= 4 is 0 Å². The lowest BCUT2D eigenvalue weighted by Crippen LogP contribution is -2.14. The molecular formula is C16H27NO. The summed E-state index contributed by atoms with van der Waals surface area (Å²) < 4.78 is 5.70. The molecule has 18 heavy (non-hydrogen) atoms. The molecule has 0 fully saturated rings. The predicted octanol–water partition coefficient (Wildman–Crippen LogP) is 4.30. The van der Waals surface area contributed by atoms with Crippen LogP contribution < -0.4 is 10.5 Å². The van der Waals surface area contributed by atoms with E-state index in [1.165, 1.54) is 18.4 Å². The van der Waals surface area contributed by atoms with E-state index in [1.807, 2.05) is 26.0 Å². The summed E-state index contributed by atoms with van der Waals surface area (Å²) in [6.07, 6.45) is 3.72. The zero-order valence-corrected chi connectivity index (χ0v) is 12.1. The standard InChI is InChI=1S/C16H27NO/c1-5-7-13(4)10-16(17)14-8-6-9-15(11-14)18-12(2)3/h6,8-9,11-13,16H,5,7,10,17H2,1-4H3. The molecular weight excluding hydrogens is 222 g/mol. The second kappa shape index (κ2) is 7.42. The molecule has 0 bridgehead atoms. The van der Waals surface area contributed by atoms with Crippen LogP contribution in [0.4, 0.5) is 0 Å². The van der Waals surface area contributed by atoms with Gasteiger partial charge in [0.15, 0.2) is 0 Å². The van der Waals surface area contributed by atoms with Crippen LogP contribution in [0.15, 0.2) is 24.3 Å². The molecule has 0 aliphatic heterocycles. The van der Waals surface area contributed by atoms with E-state index in [1.54, 1.807) is 0 Å². The molecule has 2 heteroatoms. The van der Waals surface area contributed by atoms with Gasteiger partial charge >= 0.3 is 0 Å². The lowest BCUT2D eigenvalue weighted by Gasteiger charge is -2.18. The van der Waals surface area contributed by atoms with Crippen molar-refractivity contribution in [3.8, 4) is 5.75 Å². The van der Waals surface area contributed by atoms with Crippen LogP contribution in [0.25, 0.3) is 0 Å². The van der Waals surface area contributed by atoms with Crippen LogP contribution >= 0.6 is 0 Å². The van der Waals surface area contributed by atoms with Crippen molar-refractivity contribution in [2.45, 2.75) is 59.1 Å². The minimum absolute atomic E-state index is 0.113. The quantitative estimate of drug-likeness (QED) is 0.782. The molecule has 0 saturated heterocycles. The third-order valence-corrected chi connectivity index (χ3v) is 3.10. The molecule has 1 rings (SSSR count). The minimum atomic E-state index is 0.113. The average molecular weight is 249 g/mol. The SMILES string of the molecule is CCCC(C)CC(N)c1cccc(OC(C)C)c1. The lowest BCUT2D eigenvalue weighted by molar-refractivity contribution is 0.242. The van der Waals surface area contributed by atoms with Gasteiger partial charge in [0.2, 0.25) is 0 Å². The van der Waals surface area contributed by atoms with E-state index in [0.717, 1.165) is 12.2 Å². The Labute approximate surface area is 112 Å². The molecule has 2 nitrogen and oxygen atoms in total. The highest BCUT2D eigenvalue weighted by Gasteiger charge is 2.11. The first-order chi connectivity index (χ1) is 8.52. The summed E-state index contributed by atoms with van der Waals surface area (Å²) >= 11 is 0. The molecule has 0 saturated carbocycles. The summed E-state index contributed by atoms with van der Waals surface area (Å²) in [6.45, 7) is 8.57. The molecule has 0 heterocycles. The number of benzene rings is 1. The zero-order chi connectivity index (χ0) is 13.5. The van der Waals surface area contributed by atoms with Gasteiger partial charge in [-0.15, -0.1) is 0 Å².